The number of nitrogens with one attached hydrogen (secondary N) is 2. The van der Waals surface area contributed by atoms with Crippen LogP contribution in [0, 0.1) is 10.1 Å². The van der Waals surface area contributed by atoms with Gasteiger partial charge in [0.05, 0.1) is 4.92 Å². The SMILES string of the molecule is CNCCNc1nn(C)cc1[N+](=O)[O-]. The van der Waals surface area contributed by atoms with Gasteiger partial charge in [0.25, 0.3) is 0 Å². The highest BCUT2D eigenvalue weighted by molar-refractivity contribution is 5.54. The molecular formula is C7H13N5O2. The Hall–Kier alpha value is -1.63. The van der Waals surface area contributed by atoms with E-state index in [0.29, 0.717) is 12.4 Å². The Bertz CT molecular complexity index is 322. The van der Waals surface area contributed by atoms with Crippen molar-refractivity contribution in [1.82, 2.24) is 15.1 Å². The van der Waals surface area contributed by atoms with Crippen molar-refractivity contribution in [1.29, 1.82) is 0 Å². The molecule has 1 aromatic rings. The van der Waals surface area contributed by atoms with Crippen LogP contribution in [0.2, 0.25) is 0 Å². The lowest BCUT2D eigenvalue weighted by atomic mass is 10.5. The van der Waals surface area contributed by atoms with E-state index in [1.165, 1.54) is 10.9 Å². The molecule has 0 spiro atoms. The summed E-state index contributed by atoms with van der Waals surface area (Å²) in [6.07, 6.45) is 1.38. The van der Waals surface area contributed by atoms with E-state index in [1.54, 1.807) is 7.05 Å². The van der Waals surface area contributed by atoms with Gasteiger partial charge in [0.15, 0.2) is 0 Å². The van der Waals surface area contributed by atoms with Crippen molar-refractivity contribution >= 4 is 11.5 Å². The summed E-state index contributed by atoms with van der Waals surface area (Å²) in [4.78, 5) is 10.1. The van der Waals surface area contributed by atoms with E-state index < -0.39 is 4.92 Å². The quantitative estimate of drug-likeness (QED) is 0.395. The summed E-state index contributed by atoms with van der Waals surface area (Å²) in [5.41, 5.74) is 0.00334. The molecule has 14 heavy (non-hydrogen) atoms. The zero-order valence-corrected chi connectivity index (χ0v) is 8.15. The topological polar surface area (TPSA) is 85.0 Å². The predicted molar refractivity (Wildman–Crippen MR) is 52.3 cm³/mol. The minimum atomic E-state index is -0.450. The van der Waals surface area contributed by atoms with Gasteiger partial charge in [0.1, 0.15) is 6.20 Å². The summed E-state index contributed by atoms with van der Waals surface area (Å²) in [5.74, 6) is 0.313. The van der Waals surface area contributed by atoms with Crippen molar-refractivity contribution in [2.24, 2.45) is 7.05 Å². The smallest absolute Gasteiger partial charge is 0.330 e. The molecular weight excluding hydrogens is 186 g/mol. The highest BCUT2D eigenvalue weighted by Gasteiger charge is 2.17. The average molecular weight is 199 g/mol. The molecule has 1 rings (SSSR count). The standard InChI is InChI=1S/C7H13N5O2/c1-8-3-4-9-7-6(12(13)14)5-11(2)10-7/h5,8H,3-4H2,1-2H3,(H,9,10). The van der Waals surface area contributed by atoms with Crippen LogP contribution in [0.5, 0.6) is 0 Å². The van der Waals surface area contributed by atoms with Crippen LogP contribution in [0.25, 0.3) is 0 Å². The molecule has 0 atom stereocenters. The number of hydrogen-bond acceptors (Lipinski definition) is 5. The first-order chi connectivity index (χ1) is 6.65. The zero-order valence-electron chi connectivity index (χ0n) is 8.15. The normalized spacial score (nSPS) is 10.1. The van der Waals surface area contributed by atoms with Gasteiger partial charge in [-0.15, -0.1) is 5.10 Å². The average Bonchev–Trinajstić information content (AvgIpc) is 2.47. The molecule has 78 valence electrons. The second kappa shape index (κ2) is 4.56. The van der Waals surface area contributed by atoms with Gasteiger partial charge in [0.2, 0.25) is 5.82 Å². The van der Waals surface area contributed by atoms with E-state index in [2.05, 4.69) is 15.7 Å². The van der Waals surface area contributed by atoms with Crippen LogP contribution in [0.3, 0.4) is 0 Å². The van der Waals surface area contributed by atoms with Gasteiger partial charge >= 0.3 is 5.69 Å². The first-order valence-electron chi connectivity index (χ1n) is 4.21. The van der Waals surface area contributed by atoms with Gasteiger partial charge in [0, 0.05) is 20.1 Å². The first-order valence-corrected chi connectivity index (χ1v) is 4.21. The minimum absolute atomic E-state index is 0.00334. The number of aromatic nitrogens is 2. The Morgan fingerprint density at radius 3 is 2.93 bits per heavy atom. The Morgan fingerprint density at radius 2 is 2.36 bits per heavy atom. The third kappa shape index (κ3) is 2.43. The molecule has 0 radical (unpaired) electrons. The highest BCUT2D eigenvalue weighted by Crippen LogP contribution is 2.20. The lowest BCUT2D eigenvalue weighted by Gasteiger charge is -2.00. The molecule has 0 amide bonds. The second-order valence-corrected chi connectivity index (χ2v) is 2.82. The van der Waals surface area contributed by atoms with Crippen molar-refractivity contribution in [3.8, 4) is 0 Å². The number of hydrogen-bond donors (Lipinski definition) is 2. The number of anilines is 1. The highest BCUT2D eigenvalue weighted by atomic mass is 16.6. The Morgan fingerprint density at radius 1 is 1.64 bits per heavy atom. The number of nitrogens with zero attached hydrogens (tertiary/aromatic N) is 3. The fourth-order valence-corrected chi connectivity index (χ4v) is 1.04. The molecule has 1 heterocycles. The molecule has 0 bridgehead atoms. The molecule has 0 aromatic carbocycles. The molecule has 1 aromatic heterocycles. The molecule has 2 N–H and O–H groups in total. The van der Waals surface area contributed by atoms with Crippen molar-refractivity contribution in [2.45, 2.75) is 0 Å². The maximum Gasteiger partial charge on any atom is 0.330 e. The van der Waals surface area contributed by atoms with Crippen LogP contribution >= 0.6 is 0 Å². The van der Waals surface area contributed by atoms with Gasteiger partial charge in [-0.05, 0) is 7.05 Å². The fourth-order valence-electron chi connectivity index (χ4n) is 1.04. The fraction of sp³-hybridized carbons (Fsp3) is 0.571. The van der Waals surface area contributed by atoms with E-state index in [-0.39, 0.29) is 5.69 Å². The molecule has 0 aliphatic carbocycles. The molecule has 0 aliphatic rings. The van der Waals surface area contributed by atoms with Gasteiger partial charge in [-0.3, -0.25) is 14.8 Å². The van der Waals surface area contributed by atoms with Crippen LogP contribution in [0.1, 0.15) is 0 Å². The lowest BCUT2D eigenvalue weighted by Crippen LogP contribution is -2.18. The Balaban J connectivity index is 2.69. The molecule has 0 saturated carbocycles. The first kappa shape index (κ1) is 10.5. The van der Waals surface area contributed by atoms with Crippen molar-refractivity contribution in [3.05, 3.63) is 16.3 Å². The van der Waals surface area contributed by atoms with Crippen LogP contribution in [0.15, 0.2) is 6.20 Å². The third-order valence-corrected chi connectivity index (χ3v) is 1.67. The summed E-state index contributed by atoms with van der Waals surface area (Å²) >= 11 is 0. The van der Waals surface area contributed by atoms with Gasteiger partial charge < -0.3 is 10.6 Å². The maximum absolute atomic E-state index is 10.6. The molecule has 0 saturated heterocycles. The van der Waals surface area contributed by atoms with Crippen LogP contribution in [-0.2, 0) is 7.05 Å². The van der Waals surface area contributed by atoms with E-state index in [1.807, 2.05) is 7.05 Å². The summed E-state index contributed by atoms with van der Waals surface area (Å²) in [6.45, 7) is 1.34. The van der Waals surface area contributed by atoms with E-state index in [4.69, 9.17) is 0 Å². The van der Waals surface area contributed by atoms with Crippen LogP contribution in [0.4, 0.5) is 11.5 Å². The summed E-state index contributed by atoms with van der Waals surface area (Å²) in [5, 5.41) is 20.3. The monoisotopic (exact) mass is 199 g/mol. The Kier molecular flexibility index (Phi) is 3.41. The maximum atomic E-state index is 10.6. The second-order valence-electron chi connectivity index (χ2n) is 2.82. The van der Waals surface area contributed by atoms with Crippen molar-refractivity contribution < 1.29 is 4.92 Å². The van der Waals surface area contributed by atoms with Gasteiger partial charge in [-0.1, -0.05) is 0 Å². The van der Waals surface area contributed by atoms with E-state index in [9.17, 15) is 10.1 Å². The molecule has 0 unspecified atom stereocenters. The van der Waals surface area contributed by atoms with Crippen molar-refractivity contribution in [2.75, 3.05) is 25.5 Å². The van der Waals surface area contributed by atoms with Crippen LogP contribution in [-0.4, -0.2) is 34.8 Å². The summed E-state index contributed by atoms with van der Waals surface area (Å²) < 4.78 is 1.42. The molecule has 7 nitrogen and oxygen atoms in total. The molecule has 0 fully saturated rings. The third-order valence-electron chi connectivity index (χ3n) is 1.67. The number of nitro groups is 1. The van der Waals surface area contributed by atoms with Crippen LogP contribution < -0.4 is 10.6 Å². The molecule has 7 heteroatoms. The van der Waals surface area contributed by atoms with E-state index in [0.717, 1.165) is 6.54 Å². The number of likely N-dealkylation sites (N-methyl/N-ethyl adjacent to an activating group) is 1. The van der Waals surface area contributed by atoms with Gasteiger partial charge in [-0.25, -0.2) is 0 Å². The summed E-state index contributed by atoms with van der Waals surface area (Å²) in [6, 6.07) is 0. The molecule has 0 aliphatic heterocycles. The van der Waals surface area contributed by atoms with E-state index >= 15 is 0 Å². The largest absolute Gasteiger partial charge is 0.362 e. The number of aryl methyl sites for hydroxylation is 1. The van der Waals surface area contributed by atoms with Gasteiger partial charge in [-0.2, -0.15) is 0 Å². The Labute approximate surface area is 81.3 Å². The lowest BCUT2D eigenvalue weighted by molar-refractivity contribution is -0.384. The summed E-state index contributed by atoms with van der Waals surface area (Å²) in [7, 11) is 3.46. The minimum Gasteiger partial charge on any atom is -0.362 e. The number of rotatable bonds is 5. The van der Waals surface area contributed by atoms with Crippen molar-refractivity contribution in [3.63, 3.8) is 0 Å². The zero-order chi connectivity index (χ0) is 10.6. The predicted octanol–water partition coefficient (Wildman–Crippen LogP) is -0.0404.